The van der Waals surface area contributed by atoms with E-state index in [1.165, 1.54) is 5.56 Å². The Bertz CT molecular complexity index is 841. The third-order valence-corrected chi connectivity index (χ3v) is 6.24. The summed E-state index contributed by atoms with van der Waals surface area (Å²) in [5.41, 5.74) is 5.89. The summed E-state index contributed by atoms with van der Waals surface area (Å²) in [6, 6.07) is 12.8. The molecule has 3 rings (SSSR count). The van der Waals surface area contributed by atoms with Gasteiger partial charge in [0.1, 0.15) is 11.3 Å². The van der Waals surface area contributed by atoms with Gasteiger partial charge in [-0.3, -0.25) is 0 Å². The Balaban J connectivity index is 2.07. The SMILES string of the molecule is CCCCOC1(OCCCC)N=C(N)C2(C#N)C(c3ccc(CC)cc3)C12C#N. The average Bonchev–Trinajstić information content (AvgIpc) is 3.32. The van der Waals surface area contributed by atoms with E-state index in [1.807, 2.05) is 24.3 Å². The van der Waals surface area contributed by atoms with Gasteiger partial charge in [-0.05, 0) is 30.4 Å². The summed E-state index contributed by atoms with van der Waals surface area (Å²) in [5, 5.41) is 20.5. The van der Waals surface area contributed by atoms with Crippen molar-refractivity contribution in [3.05, 3.63) is 35.4 Å². The first-order valence-electron chi connectivity index (χ1n) is 10.6. The average molecular weight is 395 g/mol. The summed E-state index contributed by atoms with van der Waals surface area (Å²) in [5.74, 6) is -1.84. The van der Waals surface area contributed by atoms with Gasteiger partial charge in [0.2, 0.25) is 0 Å². The molecule has 154 valence electrons. The van der Waals surface area contributed by atoms with E-state index in [1.54, 1.807) is 0 Å². The fourth-order valence-corrected chi connectivity index (χ4v) is 4.51. The second-order valence-corrected chi connectivity index (χ2v) is 7.85. The van der Waals surface area contributed by atoms with Gasteiger partial charge in [-0.15, -0.1) is 0 Å². The molecule has 29 heavy (non-hydrogen) atoms. The highest BCUT2D eigenvalue weighted by Crippen LogP contribution is 2.82. The third kappa shape index (κ3) is 2.86. The maximum atomic E-state index is 10.4. The molecule has 0 radical (unpaired) electrons. The molecule has 6 nitrogen and oxygen atoms in total. The molecule has 3 unspecified atom stereocenters. The predicted octanol–water partition coefficient (Wildman–Crippen LogP) is 4.02. The highest BCUT2D eigenvalue weighted by molar-refractivity contribution is 6.00. The maximum Gasteiger partial charge on any atom is 0.293 e. The minimum atomic E-state index is -1.54. The van der Waals surface area contributed by atoms with Gasteiger partial charge in [0.25, 0.3) is 5.91 Å². The van der Waals surface area contributed by atoms with Crippen LogP contribution in [0.15, 0.2) is 29.3 Å². The van der Waals surface area contributed by atoms with Crippen LogP contribution in [0.1, 0.15) is 63.5 Å². The highest BCUT2D eigenvalue weighted by atomic mass is 16.7. The van der Waals surface area contributed by atoms with E-state index >= 15 is 0 Å². The minimum Gasteiger partial charge on any atom is -0.386 e. The number of fused-ring (bicyclic) bond motifs is 1. The molecule has 1 aromatic carbocycles. The number of nitrogens with zero attached hydrogens (tertiary/aromatic N) is 3. The lowest BCUT2D eigenvalue weighted by atomic mass is 9.93. The van der Waals surface area contributed by atoms with Crippen molar-refractivity contribution in [2.75, 3.05) is 13.2 Å². The third-order valence-electron chi connectivity index (χ3n) is 6.24. The van der Waals surface area contributed by atoms with Gasteiger partial charge < -0.3 is 15.2 Å². The van der Waals surface area contributed by atoms with Crippen LogP contribution in [0.4, 0.5) is 0 Å². The zero-order valence-corrected chi connectivity index (χ0v) is 17.6. The van der Waals surface area contributed by atoms with Gasteiger partial charge in [0.15, 0.2) is 5.41 Å². The monoisotopic (exact) mass is 394 g/mol. The van der Waals surface area contributed by atoms with E-state index in [9.17, 15) is 10.5 Å². The molecule has 0 bridgehead atoms. The number of ether oxygens (including phenoxy) is 2. The molecule has 0 aromatic heterocycles. The molecule has 1 saturated carbocycles. The molecule has 2 N–H and O–H groups in total. The number of nitrogens with two attached hydrogens (primary N) is 1. The van der Waals surface area contributed by atoms with Crippen LogP contribution >= 0.6 is 0 Å². The van der Waals surface area contributed by atoms with Crippen LogP contribution in [-0.4, -0.2) is 25.0 Å². The number of hydrogen-bond acceptors (Lipinski definition) is 6. The molecule has 0 amide bonds. The standard InChI is InChI=1S/C23H30N4O2/c1-4-7-13-28-23(29-14-8-5-2)22(16-25)19(21(22,15-24)20(26)27-23)18-11-9-17(6-3)10-12-18/h9-12,19H,4-8,13-14H2,1-3H3,(H2,26,27). The lowest BCUT2D eigenvalue weighted by Gasteiger charge is -2.32. The minimum absolute atomic E-state index is 0.138. The zero-order chi connectivity index (χ0) is 21.1. The summed E-state index contributed by atoms with van der Waals surface area (Å²) in [4.78, 5) is 4.49. The number of aliphatic imine (C=N–C) groups is 1. The van der Waals surface area contributed by atoms with Crippen LogP contribution in [0.25, 0.3) is 0 Å². The molecular formula is C23H30N4O2. The van der Waals surface area contributed by atoms with Crippen LogP contribution in [-0.2, 0) is 15.9 Å². The van der Waals surface area contributed by atoms with E-state index in [0.29, 0.717) is 13.2 Å². The molecular weight excluding hydrogens is 364 g/mol. The summed E-state index contributed by atoms with van der Waals surface area (Å²) in [7, 11) is 0. The number of hydrogen-bond donors (Lipinski definition) is 1. The Kier molecular flexibility index (Phi) is 5.98. The molecule has 0 spiro atoms. The second kappa shape index (κ2) is 8.14. The first-order chi connectivity index (χ1) is 14.0. The highest BCUT2D eigenvalue weighted by Gasteiger charge is 2.93. The molecule has 3 atom stereocenters. The Morgan fingerprint density at radius 3 is 2.03 bits per heavy atom. The van der Waals surface area contributed by atoms with Gasteiger partial charge in [0, 0.05) is 5.92 Å². The number of nitriles is 2. The van der Waals surface area contributed by atoms with Crippen LogP contribution in [0, 0.1) is 33.5 Å². The Morgan fingerprint density at radius 2 is 1.59 bits per heavy atom. The summed E-state index contributed by atoms with van der Waals surface area (Å²) in [6.45, 7) is 7.01. The molecule has 1 aromatic rings. The number of unbranched alkanes of at least 4 members (excludes halogenated alkanes) is 2. The molecule has 0 saturated heterocycles. The van der Waals surface area contributed by atoms with Crippen molar-refractivity contribution >= 4 is 5.84 Å². The largest absolute Gasteiger partial charge is 0.386 e. The molecule has 6 heteroatoms. The smallest absolute Gasteiger partial charge is 0.293 e. The normalized spacial score (nSPS) is 28.9. The van der Waals surface area contributed by atoms with Crippen molar-refractivity contribution in [3.63, 3.8) is 0 Å². The van der Waals surface area contributed by atoms with E-state index in [4.69, 9.17) is 15.2 Å². The zero-order valence-electron chi connectivity index (χ0n) is 17.6. The number of benzene rings is 1. The Hall–Kier alpha value is -2.41. The van der Waals surface area contributed by atoms with Crippen molar-refractivity contribution in [2.24, 2.45) is 21.6 Å². The Morgan fingerprint density at radius 1 is 1.00 bits per heavy atom. The van der Waals surface area contributed by atoms with Crippen LogP contribution in [0.2, 0.25) is 0 Å². The van der Waals surface area contributed by atoms with Crippen LogP contribution < -0.4 is 5.73 Å². The van der Waals surface area contributed by atoms with Gasteiger partial charge >= 0.3 is 0 Å². The van der Waals surface area contributed by atoms with Crippen molar-refractivity contribution in [3.8, 4) is 12.1 Å². The summed E-state index contributed by atoms with van der Waals surface area (Å²) >= 11 is 0. The second-order valence-electron chi connectivity index (χ2n) is 7.85. The van der Waals surface area contributed by atoms with Crippen molar-refractivity contribution in [1.82, 2.24) is 0 Å². The van der Waals surface area contributed by atoms with Gasteiger partial charge in [-0.2, -0.15) is 10.5 Å². The predicted molar refractivity (Wildman–Crippen MR) is 111 cm³/mol. The van der Waals surface area contributed by atoms with Crippen LogP contribution in [0.5, 0.6) is 0 Å². The maximum absolute atomic E-state index is 10.4. The van der Waals surface area contributed by atoms with Crippen LogP contribution in [0.3, 0.4) is 0 Å². The van der Waals surface area contributed by atoms with Crippen molar-refractivity contribution in [2.45, 2.75) is 64.7 Å². The van der Waals surface area contributed by atoms with Crippen molar-refractivity contribution in [1.29, 1.82) is 10.5 Å². The first kappa shape index (κ1) is 21.3. The van der Waals surface area contributed by atoms with E-state index in [2.05, 4.69) is 37.9 Å². The van der Waals surface area contributed by atoms with E-state index in [-0.39, 0.29) is 5.84 Å². The van der Waals surface area contributed by atoms with E-state index in [0.717, 1.165) is 37.7 Å². The van der Waals surface area contributed by atoms with Gasteiger partial charge in [0.05, 0.1) is 25.4 Å². The molecule has 1 heterocycles. The quantitative estimate of drug-likeness (QED) is 0.476. The van der Waals surface area contributed by atoms with Gasteiger partial charge in [-0.1, -0.05) is 57.9 Å². The first-order valence-corrected chi connectivity index (χ1v) is 10.6. The number of aryl methyl sites for hydroxylation is 1. The summed E-state index contributed by atoms with van der Waals surface area (Å²) in [6.07, 6.45) is 4.42. The Labute approximate surface area is 173 Å². The topological polar surface area (TPSA) is 104 Å². The fourth-order valence-electron chi connectivity index (χ4n) is 4.51. The molecule has 1 aliphatic carbocycles. The number of amidine groups is 1. The molecule has 2 aliphatic rings. The lowest BCUT2D eigenvalue weighted by Crippen LogP contribution is -2.44. The molecule has 1 fully saturated rings. The lowest BCUT2D eigenvalue weighted by molar-refractivity contribution is -0.260. The van der Waals surface area contributed by atoms with E-state index < -0.39 is 22.7 Å². The fraction of sp³-hybridized carbons (Fsp3) is 0.609. The molecule has 1 aliphatic heterocycles. The summed E-state index contributed by atoms with van der Waals surface area (Å²) < 4.78 is 12.3. The number of rotatable bonds is 10. The van der Waals surface area contributed by atoms with Gasteiger partial charge in [-0.25, -0.2) is 4.99 Å². The van der Waals surface area contributed by atoms with Crippen molar-refractivity contribution < 1.29 is 9.47 Å².